The average Bonchev–Trinajstić information content (AvgIpc) is 2.67. The van der Waals surface area contributed by atoms with Crippen LogP contribution in [0.25, 0.3) is 0 Å². The summed E-state index contributed by atoms with van der Waals surface area (Å²) >= 11 is 5.90. The van der Waals surface area contributed by atoms with Crippen molar-refractivity contribution in [2.75, 3.05) is 39.9 Å². The van der Waals surface area contributed by atoms with Crippen molar-refractivity contribution >= 4 is 33.6 Å². The number of hydrogen-bond acceptors (Lipinski definition) is 6. The lowest BCUT2D eigenvalue weighted by molar-refractivity contribution is -0.134. The largest absolute Gasteiger partial charge is 0.495 e. The van der Waals surface area contributed by atoms with Crippen molar-refractivity contribution < 1.29 is 27.5 Å². The minimum atomic E-state index is -4.03. The van der Waals surface area contributed by atoms with E-state index in [0.717, 1.165) is 0 Å². The second-order valence-corrected chi connectivity index (χ2v) is 8.27. The van der Waals surface area contributed by atoms with Gasteiger partial charge in [0.05, 0.1) is 19.8 Å². The van der Waals surface area contributed by atoms with E-state index in [1.165, 1.54) is 42.0 Å². The topological polar surface area (TPSA) is 105 Å². The molecule has 11 heteroatoms. The Balaban J connectivity index is 2.03. The second-order valence-electron chi connectivity index (χ2n) is 6.15. The number of piperazine rings is 1. The van der Waals surface area contributed by atoms with Crippen molar-refractivity contribution in [2.24, 2.45) is 0 Å². The van der Waals surface area contributed by atoms with Crippen LogP contribution in [0.4, 0.5) is 4.79 Å². The van der Waals surface area contributed by atoms with Crippen LogP contribution in [0.2, 0.25) is 5.02 Å². The highest BCUT2D eigenvalue weighted by molar-refractivity contribution is 7.89. The molecule has 0 radical (unpaired) electrons. The van der Waals surface area contributed by atoms with Gasteiger partial charge in [0, 0.05) is 31.2 Å². The van der Waals surface area contributed by atoms with Crippen LogP contribution in [0.1, 0.15) is 13.8 Å². The first-order valence-corrected chi connectivity index (χ1v) is 10.6. The predicted molar refractivity (Wildman–Crippen MR) is 103 cm³/mol. The molecule has 1 aromatic rings. The number of sulfonamides is 1. The predicted octanol–water partition coefficient (Wildman–Crippen LogP) is 1.32. The lowest BCUT2D eigenvalue weighted by Gasteiger charge is -2.35. The summed E-state index contributed by atoms with van der Waals surface area (Å²) in [7, 11) is -2.68. The Morgan fingerprint density at radius 1 is 1.21 bits per heavy atom. The van der Waals surface area contributed by atoms with Crippen LogP contribution in [0.3, 0.4) is 0 Å². The van der Waals surface area contributed by atoms with E-state index in [4.69, 9.17) is 21.1 Å². The van der Waals surface area contributed by atoms with E-state index in [-0.39, 0.29) is 28.2 Å². The molecular weight excluding hydrogens is 410 g/mol. The van der Waals surface area contributed by atoms with E-state index < -0.39 is 22.2 Å². The number of benzene rings is 1. The number of nitrogens with one attached hydrogen (secondary N) is 1. The average molecular weight is 434 g/mol. The van der Waals surface area contributed by atoms with Gasteiger partial charge < -0.3 is 19.3 Å². The first-order valence-electron chi connectivity index (χ1n) is 8.76. The van der Waals surface area contributed by atoms with E-state index in [1.54, 1.807) is 6.92 Å². The molecule has 1 N–H and O–H groups in total. The molecule has 1 heterocycles. The molecule has 0 unspecified atom stereocenters. The van der Waals surface area contributed by atoms with Gasteiger partial charge in [-0.15, -0.1) is 0 Å². The summed E-state index contributed by atoms with van der Waals surface area (Å²) in [5.41, 5.74) is 0. The summed E-state index contributed by atoms with van der Waals surface area (Å²) in [4.78, 5) is 27.2. The number of amides is 2. The SMILES string of the molecule is CCOC(=O)N1CCN(C(=O)[C@H](C)NS(=O)(=O)c2cc(Cl)ccc2OC)CC1. The van der Waals surface area contributed by atoms with E-state index in [0.29, 0.717) is 26.2 Å². The summed E-state index contributed by atoms with van der Waals surface area (Å²) in [6.45, 7) is 4.71. The number of hydrogen-bond donors (Lipinski definition) is 1. The van der Waals surface area contributed by atoms with Gasteiger partial charge in [0.25, 0.3) is 0 Å². The van der Waals surface area contributed by atoms with Crippen LogP contribution in [0.5, 0.6) is 5.75 Å². The van der Waals surface area contributed by atoms with Crippen molar-refractivity contribution in [3.63, 3.8) is 0 Å². The second kappa shape index (κ2) is 9.44. The molecule has 0 spiro atoms. The number of methoxy groups -OCH3 is 1. The smallest absolute Gasteiger partial charge is 0.409 e. The van der Waals surface area contributed by atoms with Gasteiger partial charge in [-0.25, -0.2) is 13.2 Å². The summed E-state index contributed by atoms with van der Waals surface area (Å²) in [5.74, 6) is -0.257. The van der Waals surface area contributed by atoms with Crippen LogP contribution in [0, 0.1) is 0 Å². The summed E-state index contributed by atoms with van der Waals surface area (Å²) in [6.07, 6.45) is -0.420. The number of ether oxygens (including phenoxy) is 2. The third kappa shape index (κ3) is 5.27. The first kappa shape index (κ1) is 22.3. The monoisotopic (exact) mass is 433 g/mol. The van der Waals surface area contributed by atoms with Gasteiger partial charge in [-0.3, -0.25) is 4.79 Å². The number of rotatable bonds is 6. The van der Waals surface area contributed by atoms with Crippen LogP contribution in [0.15, 0.2) is 23.1 Å². The third-order valence-electron chi connectivity index (χ3n) is 4.23. The molecule has 1 atom stereocenters. The maximum absolute atomic E-state index is 12.7. The van der Waals surface area contributed by atoms with E-state index >= 15 is 0 Å². The molecular formula is C17H24ClN3O6S. The van der Waals surface area contributed by atoms with Crippen molar-refractivity contribution in [1.29, 1.82) is 0 Å². The Morgan fingerprint density at radius 2 is 1.82 bits per heavy atom. The molecule has 1 aromatic carbocycles. The maximum Gasteiger partial charge on any atom is 0.409 e. The van der Waals surface area contributed by atoms with Crippen LogP contribution in [-0.4, -0.2) is 76.2 Å². The Morgan fingerprint density at radius 3 is 2.39 bits per heavy atom. The van der Waals surface area contributed by atoms with Crippen LogP contribution in [-0.2, 0) is 19.6 Å². The Kier molecular flexibility index (Phi) is 7.50. The molecule has 1 saturated heterocycles. The van der Waals surface area contributed by atoms with Crippen molar-refractivity contribution in [3.05, 3.63) is 23.2 Å². The normalized spacial score (nSPS) is 15.9. The zero-order valence-electron chi connectivity index (χ0n) is 16.0. The quantitative estimate of drug-likeness (QED) is 0.725. The highest BCUT2D eigenvalue weighted by atomic mass is 35.5. The highest BCUT2D eigenvalue weighted by Crippen LogP contribution is 2.27. The summed E-state index contributed by atoms with van der Waals surface area (Å²) < 4.78 is 37.7. The van der Waals surface area contributed by atoms with Gasteiger partial charge in [0.2, 0.25) is 15.9 Å². The third-order valence-corrected chi connectivity index (χ3v) is 6.03. The standard InChI is InChI=1S/C17H24ClN3O6S/c1-4-27-17(23)21-9-7-20(8-10-21)16(22)12(2)19-28(24,25)15-11-13(18)5-6-14(15)26-3/h5-6,11-12,19H,4,7-10H2,1-3H3/t12-/m0/s1. The van der Waals surface area contributed by atoms with E-state index in [9.17, 15) is 18.0 Å². The van der Waals surface area contributed by atoms with Gasteiger partial charge in [0.1, 0.15) is 10.6 Å². The lowest BCUT2D eigenvalue weighted by atomic mass is 10.2. The van der Waals surface area contributed by atoms with E-state index in [1.807, 2.05) is 0 Å². The molecule has 1 fully saturated rings. The van der Waals surface area contributed by atoms with Gasteiger partial charge >= 0.3 is 6.09 Å². The molecule has 0 saturated carbocycles. The van der Waals surface area contributed by atoms with Gasteiger partial charge in [-0.1, -0.05) is 11.6 Å². The molecule has 1 aliphatic heterocycles. The van der Waals surface area contributed by atoms with Crippen molar-refractivity contribution in [2.45, 2.75) is 24.8 Å². The zero-order chi connectivity index (χ0) is 20.9. The fourth-order valence-corrected chi connectivity index (χ4v) is 4.43. The molecule has 0 aliphatic carbocycles. The number of halogens is 1. The minimum absolute atomic E-state index is 0.125. The van der Waals surface area contributed by atoms with Gasteiger partial charge in [-0.05, 0) is 32.0 Å². The fourth-order valence-electron chi connectivity index (χ4n) is 2.81. The molecule has 0 bridgehead atoms. The van der Waals surface area contributed by atoms with E-state index in [2.05, 4.69) is 4.72 Å². The molecule has 156 valence electrons. The van der Waals surface area contributed by atoms with Crippen LogP contribution < -0.4 is 9.46 Å². The van der Waals surface area contributed by atoms with Gasteiger partial charge in [-0.2, -0.15) is 4.72 Å². The summed E-state index contributed by atoms with van der Waals surface area (Å²) in [5, 5.41) is 0.232. The molecule has 28 heavy (non-hydrogen) atoms. The lowest BCUT2D eigenvalue weighted by Crippen LogP contribution is -2.55. The number of carbonyl (C=O) groups is 2. The Bertz CT molecular complexity index is 824. The van der Waals surface area contributed by atoms with Crippen LogP contribution >= 0.6 is 11.6 Å². The van der Waals surface area contributed by atoms with Crippen molar-refractivity contribution in [3.8, 4) is 5.75 Å². The molecule has 2 rings (SSSR count). The molecule has 0 aromatic heterocycles. The Labute approximate surface area is 169 Å². The zero-order valence-corrected chi connectivity index (χ0v) is 17.5. The number of nitrogens with zero attached hydrogens (tertiary/aromatic N) is 2. The first-order chi connectivity index (χ1) is 13.2. The summed E-state index contributed by atoms with van der Waals surface area (Å²) in [6, 6.07) is 3.22. The molecule has 9 nitrogen and oxygen atoms in total. The number of carbonyl (C=O) groups excluding carboxylic acids is 2. The Hall–Kier alpha value is -2.04. The highest BCUT2D eigenvalue weighted by Gasteiger charge is 2.31. The molecule has 2 amide bonds. The maximum atomic E-state index is 12.7. The minimum Gasteiger partial charge on any atom is -0.495 e. The fraction of sp³-hybridized carbons (Fsp3) is 0.529. The van der Waals surface area contributed by atoms with Crippen molar-refractivity contribution in [1.82, 2.24) is 14.5 Å². The molecule has 1 aliphatic rings. The van der Waals surface area contributed by atoms with Gasteiger partial charge in [0.15, 0.2) is 0 Å².